The van der Waals surface area contributed by atoms with Gasteiger partial charge in [0.15, 0.2) is 0 Å². The first-order valence-corrected chi connectivity index (χ1v) is 8.42. The van der Waals surface area contributed by atoms with Crippen molar-refractivity contribution in [1.82, 2.24) is 9.72 Å². The number of fused-ring (bicyclic) bond motifs is 1. The molecule has 0 aliphatic heterocycles. The largest absolute Gasteiger partial charge is 0.494 e. The van der Waals surface area contributed by atoms with Gasteiger partial charge in [-0.15, -0.1) is 0 Å². The van der Waals surface area contributed by atoms with Gasteiger partial charge in [-0.25, -0.2) is 0 Å². The Bertz CT molecular complexity index is 929. The molecule has 3 rings (SSSR count). The van der Waals surface area contributed by atoms with Gasteiger partial charge in [0, 0.05) is 23.8 Å². The molecule has 6 nitrogen and oxygen atoms in total. The number of amides is 1. The maximum Gasteiger partial charge on any atom is 0.294 e. The van der Waals surface area contributed by atoms with Crippen LogP contribution in [0, 0.1) is 0 Å². The smallest absolute Gasteiger partial charge is 0.294 e. The van der Waals surface area contributed by atoms with Crippen molar-refractivity contribution in [1.29, 1.82) is 0 Å². The second-order valence-corrected chi connectivity index (χ2v) is 5.67. The van der Waals surface area contributed by atoms with Crippen molar-refractivity contribution < 1.29 is 19.4 Å². The number of carbonyl (C=O) groups excluding carboxylic acids is 2. The third kappa shape index (κ3) is 3.45. The molecule has 0 bridgehead atoms. The third-order valence-corrected chi connectivity index (χ3v) is 3.97. The molecular formula is C20H20N2O4. The summed E-state index contributed by atoms with van der Waals surface area (Å²) in [6, 6.07) is 14.8. The molecule has 0 fully saturated rings. The summed E-state index contributed by atoms with van der Waals surface area (Å²) >= 11 is 0. The maximum atomic E-state index is 12.7. The van der Waals surface area contributed by atoms with E-state index < -0.39 is 11.7 Å². The van der Waals surface area contributed by atoms with Gasteiger partial charge in [-0.2, -0.15) is 0 Å². The Hall–Kier alpha value is -3.12. The quantitative estimate of drug-likeness (QED) is 0.505. The zero-order valence-electron chi connectivity index (χ0n) is 14.4. The predicted octanol–water partition coefficient (Wildman–Crippen LogP) is 2.30. The number of ketones is 1. The molecule has 0 saturated carbocycles. The van der Waals surface area contributed by atoms with Gasteiger partial charge >= 0.3 is 0 Å². The lowest BCUT2D eigenvalue weighted by molar-refractivity contribution is -0.117. The third-order valence-electron chi connectivity index (χ3n) is 3.97. The number of aliphatic hydroxyl groups excluding tert-OH is 1. The molecule has 0 aliphatic rings. The van der Waals surface area contributed by atoms with Crippen LogP contribution >= 0.6 is 0 Å². The fourth-order valence-corrected chi connectivity index (χ4v) is 2.83. The fourth-order valence-electron chi connectivity index (χ4n) is 2.83. The Kier molecular flexibility index (Phi) is 5.34. The van der Waals surface area contributed by atoms with Crippen molar-refractivity contribution in [2.24, 2.45) is 0 Å². The summed E-state index contributed by atoms with van der Waals surface area (Å²) in [5.41, 5.74) is 2.59. The number of rotatable bonds is 7. The second kappa shape index (κ2) is 7.84. The molecule has 0 unspecified atom stereocenters. The van der Waals surface area contributed by atoms with Crippen LogP contribution in [0.2, 0.25) is 0 Å². The number of carbonyl (C=O) groups is 2. The minimum Gasteiger partial charge on any atom is -0.494 e. The highest BCUT2D eigenvalue weighted by Crippen LogP contribution is 2.29. The van der Waals surface area contributed by atoms with Crippen LogP contribution in [0.5, 0.6) is 5.75 Å². The molecule has 26 heavy (non-hydrogen) atoms. The van der Waals surface area contributed by atoms with Crippen LogP contribution in [-0.4, -0.2) is 41.0 Å². The van der Waals surface area contributed by atoms with E-state index >= 15 is 0 Å². The van der Waals surface area contributed by atoms with Gasteiger partial charge in [0.25, 0.3) is 11.7 Å². The number of aliphatic hydroxyl groups is 1. The Balaban J connectivity index is 2.07. The van der Waals surface area contributed by atoms with E-state index in [1.54, 1.807) is 16.7 Å². The first-order valence-electron chi connectivity index (χ1n) is 8.42. The number of pyridine rings is 1. The van der Waals surface area contributed by atoms with Crippen molar-refractivity contribution in [2.45, 2.75) is 6.92 Å². The minimum atomic E-state index is -0.741. The van der Waals surface area contributed by atoms with Crippen LogP contribution in [0.25, 0.3) is 16.6 Å². The molecule has 134 valence electrons. The average molecular weight is 352 g/mol. The topological polar surface area (TPSA) is 80.0 Å². The van der Waals surface area contributed by atoms with Crippen LogP contribution in [0.3, 0.4) is 0 Å². The summed E-state index contributed by atoms with van der Waals surface area (Å²) in [7, 11) is 0. The van der Waals surface area contributed by atoms with E-state index in [9.17, 15) is 9.59 Å². The van der Waals surface area contributed by atoms with Crippen LogP contribution in [0.4, 0.5) is 0 Å². The van der Waals surface area contributed by atoms with Gasteiger partial charge in [0.05, 0.1) is 13.2 Å². The molecule has 1 aromatic carbocycles. The summed E-state index contributed by atoms with van der Waals surface area (Å²) in [4.78, 5) is 24.9. The summed E-state index contributed by atoms with van der Waals surface area (Å²) in [6.45, 7) is 2.30. The highest BCUT2D eigenvalue weighted by molar-refractivity contribution is 6.43. The summed E-state index contributed by atoms with van der Waals surface area (Å²) < 4.78 is 7.16. The Morgan fingerprint density at radius 3 is 2.62 bits per heavy atom. The highest BCUT2D eigenvalue weighted by atomic mass is 16.5. The molecule has 1 amide bonds. The summed E-state index contributed by atoms with van der Waals surface area (Å²) in [5, 5.41) is 11.3. The van der Waals surface area contributed by atoms with Crippen molar-refractivity contribution in [3.8, 4) is 16.9 Å². The van der Waals surface area contributed by atoms with E-state index in [1.165, 1.54) is 0 Å². The van der Waals surface area contributed by atoms with Gasteiger partial charge in [-0.3, -0.25) is 9.59 Å². The Labute approximate surface area is 151 Å². The molecule has 0 atom stereocenters. The lowest BCUT2D eigenvalue weighted by Gasteiger charge is -2.08. The normalized spacial score (nSPS) is 10.7. The number of benzene rings is 1. The van der Waals surface area contributed by atoms with Crippen LogP contribution in [0.15, 0.2) is 54.7 Å². The predicted molar refractivity (Wildman–Crippen MR) is 98.4 cm³/mol. The number of ether oxygens (including phenoxy) is 1. The molecule has 2 N–H and O–H groups in total. The number of nitrogens with one attached hydrogen (secondary N) is 1. The molecule has 0 spiro atoms. The SMILES string of the molecule is CCOc1ccc(-c2cc3ccccn3c2C(=O)C(=O)NCCO)cc1. The van der Waals surface area contributed by atoms with Gasteiger partial charge < -0.3 is 19.6 Å². The molecule has 2 heterocycles. The van der Waals surface area contributed by atoms with E-state index in [4.69, 9.17) is 9.84 Å². The molecular weight excluding hydrogens is 332 g/mol. The maximum absolute atomic E-state index is 12.7. The van der Waals surface area contributed by atoms with Gasteiger partial charge in [0.1, 0.15) is 11.4 Å². The van der Waals surface area contributed by atoms with Gasteiger partial charge in [-0.1, -0.05) is 18.2 Å². The van der Waals surface area contributed by atoms with E-state index in [1.807, 2.05) is 49.4 Å². The molecule has 6 heteroatoms. The average Bonchev–Trinajstić information content (AvgIpc) is 3.05. The molecule has 3 aromatic rings. The lowest BCUT2D eigenvalue weighted by Crippen LogP contribution is -2.33. The first kappa shape index (κ1) is 17.7. The molecule has 0 aliphatic carbocycles. The summed E-state index contributed by atoms with van der Waals surface area (Å²) in [6.07, 6.45) is 1.75. The number of nitrogens with zero attached hydrogens (tertiary/aromatic N) is 1. The Morgan fingerprint density at radius 1 is 1.15 bits per heavy atom. The zero-order chi connectivity index (χ0) is 18.5. The molecule has 2 aromatic heterocycles. The Morgan fingerprint density at radius 2 is 1.92 bits per heavy atom. The van der Waals surface area contributed by atoms with Crippen molar-refractivity contribution in [2.75, 3.05) is 19.8 Å². The van der Waals surface area contributed by atoms with Crippen molar-refractivity contribution >= 4 is 17.2 Å². The zero-order valence-corrected chi connectivity index (χ0v) is 14.4. The van der Waals surface area contributed by atoms with E-state index in [-0.39, 0.29) is 13.2 Å². The fraction of sp³-hybridized carbons (Fsp3) is 0.200. The van der Waals surface area contributed by atoms with Gasteiger partial charge in [0.2, 0.25) is 0 Å². The van der Waals surface area contributed by atoms with Crippen LogP contribution < -0.4 is 10.1 Å². The van der Waals surface area contributed by atoms with E-state index in [0.717, 1.165) is 16.8 Å². The highest BCUT2D eigenvalue weighted by Gasteiger charge is 2.24. The number of Topliss-reactive ketones (excluding diaryl/α,β-unsaturated/α-hetero) is 1. The molecule has 0 radical (unpaired) electrons. The van der Waals surface area contributed by atoms with Crippen LogP contribution in [-0.2, 0) is 4.79 Å². The second-order valence-electron chi connectivity index (χ2n) is 5.67. The van der Waals surface area contributed by atoms with Gasteiger partial charge in [-0.05, 0) is 42.8 Å². The lowest BCUT2D eigenvalue weighted by atomic mass is 10.0. The monoisotopic (exact) mass is 352 g/mol. The minimum absolute atomic E-state index is 0.0340. The van der Waals surface area contributed by atoms with Crippen LogP contribution in [0.1, 0.15) is 17.4 Å². The van der Waals surface area contributed by atoms with E-state index in [0.29, 0.717) is 17.9 Å². The molecule has 0 saturated heterocycles. The number of aromatic nitrogens is 1. The standard InChI is InChI=1S/C20H20N2O4/c1-2-26-16-8-6-14(7-9-16)17-13-15-5-3-4-11-22(15)18(17)19(24)20(25)21-10-12-23/h3-9,11,13,23H,2,10,12H2,1H3,(H,21,25). The van der Waals surface area contributed by atoms with Crippen molar-refractivity contribution in [3.63, 3.8) is 0 Å². The van der Waals surface area contributed by atoms with E-state index in [2.05, 4.69) is 5.32 Å². The first-order chi connectivity index (χ1) is 12.7. The number of hydrogen-bond donors (Lipinski definition) is 2. The van der Waals surface area contributed by atoms with Crippen molar-refractivity contribution in [3.05, 3.63) is 60.4 Å². The number of hydrogen-bond acceptors (Lipinski definition) is 4. The summed E-state index contributed by atoms with van der Waals surface area (Å²) in [5.74, 6) is -0.641.